The van der Waals surface area contributed by atoms with Crippen LogP contribution in [0.3, 0.4) is 0 Å². The van der Waals surface area contributed by atoms with Crippen molar-refractivity contribution in [2.75, 3.05) is 31.2 Å². The Morgan fingerprint density at radius 3 is 2.81 bits per heavy atom. The quantitative estimate of drug-likeness (QED) is 0.575. The summed E-state index contributed by atoms with van der Waals surface area (Å²) in [6, 6.07) is 3.32. The highest BCUT2D eigenvalue weighted by Crippen LogP contribution is 2.36. The number of hydrogen-bond donors (Lipinski definition) is 0. The summed E-state index contributed by atoms with van der Waals surface area (Å²) in [6.07, 6.45) is 0. The highest BCUT2D eigenvalue weighted by Gasteiger charge is 2.22. The zero-order valence-electron chi connectivity index (χ0n) is 8.38. The number of anilines is 1. The van der Waals surface area contributed by atoms with Crippen molar-refractivity contribution < 1.29 is 9.66 Å². The molecule has 84 valence electrons. The van der Waals surface area contributed by atoms with Crippen molar-refractivity contribution in [3.05, 3.63) is 21.7 Å². The normalized spacial score (nSPS) is 15.8. The number of nitriles is 1. The van der Waals surface area contributed by atoms with E-state index in [0.29, 0.717) is 36.9 Å². The maximum Gasteiger partial charge on any atom is 0.327 e. The van der Waals surface area contributed by atoms with Gasteiger partial charge in [-0.3, -0.25) is 10.1 Å². The Balaban J connectivity index is 2.31. The van der Waals surface area contributed by atoms with Crippen LogP contribution in [0.15, 0.2) is 6.07 Å². The molecule has 1 saturated heterocycles. The average molecular weight is 239 g/mol. The standard InChI is InChI=1S/C9H9N3O3S/c10-6-7-5-8(12(13)14)16-9(7)11-1-3-15-4-2-11/h5H,1-4H2. The van der Waals surface area contributed by atoms with Gasteiger partial charge in [0.1, 0.15) is 11.1 Å². The summed E-state index contributed by atoms with van der Waals surface area (Å²) in [5, 5.41) is 20.2. The molecule has 0 aromatic carbocycles. The van der Waals surface area contributed by atoms with Crippen LogP contribution in [-0.2, 0) is 4.74 Å². The van der Waals surface area contributed by atoms with Gasteiger partial charge >= 0.3 is 5.00 Å². The third-order valence-corrected chi connectivity index (χ3v) is 3.45. The first-order chi connectivity index (χ1) is 7.72. The fraction of sp³-hybridized carbons (Fsp3) is 0.444. The van der Waals surface area contributed by atoms with Gasteiger partial charge in [0, 0.05) is 19.2 Å². The first-order valence-corrected chi connectivity index (χ1v) is 5.55. The van der Waals surface area contributed by atoms with Crippen LogP contribution in [0.5, 0.6) is 0 Å². The summed E-state index contributed by atoms with van der Waals surface area (Å²) in [5.41, 5.74) is 0.374. The number of rotatable bonds is 2. The molecular formula is C9H9N3O3S. The number of hydrogen-bond acceptors (Lipinski definition) is 6. The Bertz CT molecular complexity index is 445. The third kappa shape index (κ3) is 1.98. The number of thiophene rings is 1. The van der Waals surface area contributed by atoms with Crippen LogP contribution in [-0.4, -0.2) is 31.2 Å². The predicted octanol–water partition coefficient (Wildman–Crippen LogP) is 1.36. The molecule has 0 amide bonds. The van der Waals surface area contributed by atoms with Crippen molar-refractivity contribution >= 4 is 21.3 Å². The molecular weight excluding hydrogens is 230 g/mol. The molecule has 0 atom stereocenters. The summed E-state index contributed by atoms with van der Waals surface area (Å²) >= 11 is 1.05. The van der Waals surface area contributed by atoms with Crippen LogP contribution in [0.2, 0.25) is 0 Å². The molecule has 1 aromatic rings. The van der Waals surface area contributed by atoms with Crippen LogP contribution in [0, 0.1) is 21.4 Å². The Morgan fingerprint density at radius 2 is 2.25 bits per heavy atom. The Labute approximate surface area is 95.8 Å². The van der Waals surface area contributed by atoms with Crippen molar-refractivity contribution in [1.82, 2.24) is 0 Å². The highest BCUT2D eigenvalue weighted by atomic mass is 32.1. The number of morpholine rings is 1. The van der Waals surface area contributed by atoms with Gasteiger partial charge < -0.3 is 9.64 Å². The van der Waals surface area contributed by atoms with Gasteiger partial charge in [0.2, 0.25) is 0 Å². The van der Waals surface area contributed by atoms with Crippen molar-refractivity contribution in [1.29, 1.82) is 5.26 Å². The van der Waals surface area contributed by atoms with Crippen LogP contribution < -0.4 is 4.90 Å². The zero-order valence-corrected chi connectivity index (χ0v) is 9.20. The van der Waals surface area contributed by atoms with E-state index in [4.69, 9.17) is 10.00 Å². The molecule has 16 heavy (non-hydrogen) atoms. The van der Waals surface area contributed by atoms with E-state index in [-0.39, 0.29) is 5.00 Å². The Morgan fingerprint density at radius 1 is 1.56 bits per heavy atom. The molecule has 0 spiro atoms. The molecule has 2 rings (SSSR count). The summed E-state index contributed by atoms with van der Waals surface area (Å²) in [7, 11) is 0. The van der Waals surface area contributed by atoms with E-state index >= 15 is 0 Å². The van der Waals surface area contributed by atoms with E-state index in [9.17, 15) is 10.1 Å². The lowest BCUT2D eigenvalue weighted by molar-refractivity contribution is -0.380. The molecule has 7 heteroatoms. The van der Waals surface area contributed by atoms with Crippen LogP contribution >= 0.6 is 11.3 Å². The molecule has 2 heterocycles. The second-order valence-corrected chi connectivity index (χ2v) is 4.28. The van der Waals surface area contributed by atoms with Crippen molar-refractivity contribution in [2.45, 2.75) is 0 Å². The molecule has 1 aromatic heterocycles. The second kappa shape index (κ2) is 4.47. The summed E-state index contributed by atoms with van der Waals surface area (Å²) < 4.78 is 5.20. The molecule has 1 aliphatic heterocycles. The van der Waals surface area contributed by atoms with E-state index in [2.05, 4.69) is 0 Å². The maximum absolute atomic E-state index is 10.6. The van der Waals surface area contributed by atoms with E-state index in [1.54, 1.807) is 0 Å². The topological polar surface area (TPSA) is 79.4 Å². The maximum atomic E-state index is 10.6. The fourth-order valence-electron chi connectivity index (χ4n) is 1.54. The molecule has 1 fully saturated rings. The van der Waals surface area contributed by atoms with Gasteiger partial charge in [0.05, 0.1) is 23.7 Å². The fourth-order valence-corrected chi connectivity index (χ4v) is 2.52. The zero-order chi connectivity index (χ0) is 11.5. The van der Waals surface area contributed by atoms with Crippen molar-refractivity contribution in [3.63, 3.8) is 0 Å². The average Bonchev–Trinajstić information content (AvgIpc) is 2.74. The Hall–Kier alpha value is -1.65. The lowest BCUT2D eigenvalue weighted by atomic mass is 10.3. The monoisotopic (exact) mass is 239 g/mol. The first-order valence-electron chi connectivity index (χ1n) is 4.73. The van der Waals surface area contributed by atoms with Gasteiger partial charge in [-0.2, -0.15) is 5.26 Å². The molecule has 0 aliphatic carbocycles. The van der Waals surface area contributed by atoms with Gasteiger partial charge in [0.25, 0.3) is 0 Å². The minimum atomic E-state index is -0.463. The van der Waals surface area contributed by atoms with E-state index in [1.807, 2.05) is 11.0 Å². The molecule has 1 aliphatic rings. The van der Waals surface area contributed by atoms with Crippen LogP contribution in [0.25, 0.3) is 0 Å². The number of nitro groups is 1. The van der Waals surface area contributed by atoms with Gasteiger partial charge in [-0.05, 0) is 11.3 Å². The lowest BCUT2D eigenvalue weighted by Crippen LogP contribution is -2.36. The van der Waals surface area contributed by atoms with Crippen LogP contribution in [0.1, 0.15) is 5.56 Å². The summed E-state index contributed by atoms with van der Waals surface area (Å²) in [4.78, 5) is 12.1. The minimum Gasteiger partial charge on any atom is -0.378 e. The van der Waals surface area contributed by atoms with Gasteiger partial charge in [-0.15, -0.1) is 0 Å². The predicted molar refractivity (Wildman–Crippen MR) is 58.7 cm³/mol. The minimum absolute atomic E-state index is 0.0121. The molecule has 6 nitrogen and oxygen atoms in total. The van der Waals surface area contributed by atoms with Gasteiger partial charge in [-0.1, -0.05) is 0 Å². The molecule has 0 unspecified atom stereocenters. The first kappa shape index (κ1) is 10.9. The SMILES string of the molecule is N#Cc1cc([N+](=O)[O-])sc1N1CCOCC1. The molecule has 0 radical (unpaired) electrons. The third-order valence-electron chi connectivity index (χ3n) is 2.30. The highest BCUT2D eigenvalue weighted by molar-refractivity contribution is 7.19. The number of ether oxygens (including phenoxy) is 1. The van der Waals surface area contributed by atoms with Crippen molar-refractivity contribution in [2.24, 2.45) is 0 Å². The molecule has 0 bridgehead atoms. The lowest BCUT2D eigenvalue weighted by Gasteiger charge is -2.27. The van der Waals surface area contributed by atoms with Gasteiger partial charge in [0.15, 0.2) is 0 Å². The summed E-state index contributed by atoms with van der Waals surface area (Å²) in [6.45, 7) is 2.53. The van der Waals surface area contributed by atoms with E-state index < -0.39 is 4.92 Å². The smallest absolute Gasteiger partial charge is 0.327 e. The summed E-state index contributed by atoms with van der Waals surface area (Å²) in [5.74, 6) is 0. The van der Waals surface area contributed by atoms with E-state index in [0.717, 1.165) is 11.3 Å². The largest absolute Gasteiger partial charge is 0.378 e. The van der Waals surface area contributed by atoms with E-state index in [1.165, 1.54) is 6.07 Å². The molecule has 0 saturated carbocycles. The van der Waals surface area contributed by atoms with Crippen molar-refractivity contribution in [3.8, 4) is 6.07 Å². The number of nitrogens with zero attached hydrogens (tertiary/aromatic N) is 3. The Kier molecular flexibility index (Phi) is 3.03. The van der Waals surface area contributed by atoms with Crippen LogP contribution in [0.4, 0.5) is 10.0 Å². The second-order valence-electron chi connectivity index (χ2n) is 3.27. The molecule has 0 N–H and O–H groups in total. The van der Waals surface area contributed by atoms with Gasteiger partial charge in [-0.25, -0.2) is 0 Å².